The Morgan fingerprint density at radius 1 is 1.00 bits per heavy atom. The molecule has 154 valence electrons. The van der Waals surface area contributed by atoms with Gasteiger partial charge in [-0.3, -0.25) is 14.4 Å². The van der Waals surface area contributed by atoms with Crippen molar-refractivity contribution >= 4 is 23.8 Å². The highest BCUT2D eigenvalue weighted by molar-refractivity contribution is 5.92. The van der Waals surface area contributed by atoms with Crippen LogP contribution in [0.5, 0.6) is 0 Å². The van der Waals surface area contributed by atoms with Gasteiger partial charge in [0.25, 0.3) is 0 Å². The summed E-state index contributed by atoms with van der Waals surface area (Å²) < 4.78 is 0. The Balaban J connectivity index is 2.81. The second-order valence-electron chi connectivity index (χ2n) is 6.86. The van der Waals surface area contributed by atoms with Crippen LogP contribution in [0.2, 0.25) is 0 Å². The van der Waals surface area contributed by atoms with Crippen LogP contribution in [0.15, 0.2) is 30.3 Å². The molecule has 0 fully saturated rings. The fraction of sp³-hybridized carbons (Fsp3) is 0.474. The second kappa shape index (κ2) is 11.0. The molecule has 0 aromatic heterocycles. The number of carbonyl (C=O) groups is 4. The van der Waals surface area contributed by atoms with E-state index in [1.54, 1.807) is 26.0 Å². The lowest BCUT2D eigenvalue weighted by molar-refractivity contribution is -0.144. The van der Waals surface area contributed by atoms with E-state index in [0.29, 0.717) is 0 Å². The molecule has 1 aromatic rings. The van der Waals surface area contributed by atoms with Gasteiger partial charge in [0.1, 0.15) is 12.1 Å². The van der Waals surface area contributed by atoms with Crippen LogP contribution in [0, 0.1) is 5.92 Å². The molecule has 0 aliphatic carbocycles. The summed E-state index contributed by atoms with van der Waals surface area (Å²) in [4.78, 5) is 47.0. The van der Waals surface area contributed by atoms with Crippen LogP contribution in [0.1, 0.15) is 32.3 Å². The predicted octanol–water partition coefficient (Wildman–Crippen LogP) is 0.131. The Labute approximate surface area is 163 Å². The Morgan fingerprint density at radius 3 is 2.11 bits per heavy atom. The Kier molecular flexibility index (Phi) is 9.10. The van der Waals surface area contributed by atoms with Gasteiger partial charge in [0, 0.05) is 6.42 Å². The summed E-state index contributed by atoms with van der Waals surface area (Å²) in [6.07, 6.45) is -0.315. The third-order valence-corrected chi connectivity index (χ3v) is 4.15. The first-order valence-electron chi connectivity index (χ1n) is 8.96. The number of carboxylic acid groups (broad SMARTS) is 2. The number of amides is 2. The molecule has 3 atom stereocenters. The fourth-order valence-electron chi connectivity index (χ4n) is 2.54. The SMILES string of the molecule is CC(C)[C@H](NC(=O)[C@@H](CCC(=O)O)NC(=O)[C@H](N)Cc1ccccc1)C(=O)O. The molecule has 0 radical (unpaired) electrons. The van der Waals surface area contributed by atoms with E-state index in [1.165, 1.54) is 0 Å². The van der Waals surface area contributed by atoms with Gasteiger partial charge in [-0.05, 0) is 24.3 Å². The largest absolute Gasteiger partial charge is 0.481 e. The molecule has 9 heteroatoms. The first-order chi connectivity index (χ1) is 13.1. The van der Waals surface area contributed by atoms with Crippen molar-refractivity contribution < 1.29 is 29.4 Å². The lowest BCUT2D eigenvalue weighted by Crippen LogP contribution is -2.55. The molecule has 0 spiro atoms. The molecule has 0 heterocycles. The lowest BCUT2D eigenvalue weighted by atomic mass is 10.0. The molecule has 0 saturated carbocycles. The van der Waals surface area contributed by atoms with Crippen LogP contribution in [0.25, 0.3) is 0 Å². The highest BCUT2D eigenvalue weighted by Gasteiger charge is 2.29. The Morgan fingerprint density at radius 2 is 1.61 bits per heavy atom. The number of rotatable bonds is 11. The maximum Gasteiger partial charge on any atom is 0.326 e. The van der Waals surface area contributed by atoms with Gasteiger partial charge in [-0.25, -0.2) is 4.79 Å². The number of carboxylic acids is 2. The number of nitrogens with one attached hydrogen (secondary N) is 2. The summed E-state index contributed by atoms with van der Waals surface area (Å²) in [7, 11) is 0. The van der Waals surface area contributed by atoms with Gasteiger partial charge >= 0.3 is 11.9 Å². The van der Waals surface area contributed by atoms with Crippen LogP contribution < -0.4 is 16.4 Å². The molecule has 0 unspecified atom stereocenters. The van der Waals surface area contributed by atoms with Crippen molar-refractivity contribution in [1.29, 1.82) is 0 Å². The van der Waals surface area contributed by atoms with Crippen molar-refractivity contribution in [3.05, 3.63) is 35.9 Å². The monoisotopic (exact) mass is 393 g/mol. The zero-order chi connectivity index (χ0) is 21.3. The third-order valence-electron chi connectivity index (χ3n) is 4.15. The third kappa shape index (κ3) is 7.75. The number of hydrogen-bond donors (Lipinski definition) is 5. The molecule has 6 N–H and O–H groups in total. The van der Waals surface area contributed by atoms with Crippen molar-refractivity contribution in [3.63, 3.8) is 0 Å². The Hall–Kier alpha value is -2.94. The number of benzene rings is 1. The van der Waals surface area contributed by atoms with E-state index in [9.17, 15) is 24.3 Å². The molecule has 1 aromatic carbocycles. The molecule has 0 saturated heterocycles. The summed E-state index contributed by atoms with van der Waals surface area (Å²) >= 11 is 0. The van der Waals surface area contributed by atoms with Gasteiger partial charge in [-0.15, -0.1) is 0 Å². The van der Waals surface area contributed by atoms with E-state index in [2.05, 4.69) is 10.6 Å². The van der Waals surface area contributed by atoms with E-state index in [1.807, 2.05) is 18.2 Å². The fourth-order valence-corrected chi connectivity index (χ4v) is 2.54. The maximum atomic E-state index is 12.5. The smallest absolute Gasteiger partial charge is 0.326 e. The van der Waals surface area contributed by atoms with Gasteiger partial charge in [0.05, 0.1) is 6.04 Å². The predicted molar refractivity (Wildman–Crippen MR) is 101 cm³/mol. The maximum absolute atomic E-state index is 12.5. The summed E-state index contributed by atoms with van der Waals surface area (Å²) in [6.45, 7) is 3.25. The normalized spacial score (nSPS) is 14.0. The van der Waals surface area contributed by atoms with Crippen LogP contribution in [0.3, 0.4) is 0 Å². The highest BCUT2D eigenvalue weighted by atomic mass is 16.4. The molecule has 28 heavy (non-hydrogen) atoms. The minimum absolute atomic E-state index is 0.185. The van der Waals surface area contributed by atoms with E-state index in [0.717, 1.165) is 5.56 Å². The minimum atomic E-state index is -1.22. The molecule has 2 amide bonds. The van der Waals surface area contributed by atoms with Crippen LogP contribution in [-0.2, 0) is 25.6 Å². The number of hydrogen-bond acceptors (Lipinski definition) is 5. The van der Waals surface area contributed by atoms with Crippen molar-refractivity contribution in [2.75, 3.05) is 0 Å². The zero-order valence-corrected chi connectivity index (χ0v) is 15.9. The van der Waals surface area contributed by atoms with Crippen LogP contribution in [0.4, 0.5) is 0 Å². The first-order valence-corrected chi connectivity index (χ1v) is 8.96. The van der Waals surface area contributed by atoms with Crippen molar-refractivity contribution in [3.8, 4) is 0 Å². The van der Waals surface area contributed by atoms with E-state index in [4.69, 9.17) is 10.8 Å². The van der Waals surface area contributed by atoms with E-state index >= 15 is 0 Å². The van der Waals surface area contributed by atoms with E-state index in [-0.39, 0.29) is 19.3 Å². The van der Waals surface area contributed by atoms with Gasteiger partial charge in [0.15, 0.2) is 0 Å². The van der Waals surface area contributed by atoms with Crippen molar-refractivity contribution in [1.82, 2.24) is 10.6 Å². The topological polar surface area (TPSA) is 159 Å². The van der Waals surface area contributed by atoms with Crippen molar-refractivity contribution in [2.24, 2.45) is 11.7 Å². The first kappa shape index (κ1) is 23.1. The molecule has 0 bridgehead atoms. The van der Waals surface area contributed by atoms with Gasteiger partial charge < -0.3 is 26.6 Å². The summed E-state index contributed by atoms with van der Waals surface area (Å²) in [6, 6.07) is 5.75. The summed E-state index contributed by atoms with van der Waals surface area (Å²) in [5, 5.41) is 22.9. The second-order valence-corrected chi connectivity index (χ2v) is 6.86. The van der Waals surface area contributed by atoms with Gasteiger partial charge in [-0.1, -0.05) is 44.2 Å². The van der Waals surface area contributed by atoms with Gasteiger partial charge in [0.2, 0.25) is 11.8 Å². The minimum Gasteiger partial charge on any atom is -0.481 e. The van der Waals surface area contributed by atoms with Gasteiger partial charge in [-0.2, -0.15) is 0 Å². The zero-order valence-electron chi connectivity index (χ0n) is 15.9. The standard InChI is InChI=1S/C19H27N3O6/c1-11(2)16(19(27)28)22-18(26)14(8-9-15(23)24)21-17(25)13(20)10-12-6-4-3-5-7-12/h3-7,11,13-14,16H,8-10,20H2,1-2H3,(H,21,25)(H,22,26)(H,23,24)(H,27,28)/t13-,14-,16+/m1/s1. The molecular weight excluding hydrogens is 366 g/mol. The highest BCUT2D eigenvalue weighted by Crippen LogP contribution is 2.06. The molecule has 0 aliphatic rings. The molecule has 1 rings (SSSR count). The number of carbonyl (C=O) groups excluding carboxylic acids is 2. The quantitative estimate of drug-likeness (QED) is 0.357. The number of nitrogens with two attached hydrogens (primary N) is 1. The number of aliphatic carboxylic acids is 2. The lowest BCUT2D eigenvalue weighted by Gasteiger charge is -2.24. The average Bonchev–Trinajstić information content (AvgIpc) is 2.62. The average molecular weight is 393 g/mol. The van der Waals surface area contributed by atoms with Crippen LogP contribution in [-0.4, -0.2) is 52.1 Å². The molecular formula is C19H27N3O6. The molecule has 0 aliphatic heterocycles. The summed E-state index contributed by atoms with van der Waals surface area (Å²) in [5.74, 6) is -4.13. The van der Waals surface area contributed by atoms with Crippen LogP contribution >= 0.6 is 0 Å². The Bertz CT molecular complexity index is 692. The van der Waals surface area contributed by atoms with E-state index < -0.39 is 47.8 Å². The van der Waals surface area contributed by atoms with Crippen molar-refractivity contribution in [2.45, 2.75) is 51.2 Å². The summed E-state index contributed by atoms with van der Waals surface area (Å²) in [5.41, 5.74) is 6.73. The molecule has 9 nitrogen and oxygen atoms in total.